The van der Waals surface area contributed by atoms with Crippen molar-refractivity contribution >= 4 is 23.7 Å². The number of nitrogens with zero attached hydrogens (tertiary/aromatic N) is 1. The minimum atomic E-state index is -0.632. The Morgan fingerprint density at radius 3 is 2.34 bits per heavy atom. The molecule has 3 N–H and O–H groups in total. The lowest BCUT2D eigenvalue weighted by molar-refractivity contribution is -0.140. The van der Waals surface area contributed by atoms with Crippen LogP contribution in [0.2, 0.25) is 0 Å². The van der Waals surface area contributed by atoms with Gasteiger partial charge in [0, 0.05) is 23.5 Å². The molecule has 0 aromatic heterocycles. The lowest BCUT2D eigenvalue weighted by atomic mass is 9.94. The lowest BCUT2D eigenvalue weighted by Crippen LogP contribution is -2.48. The van der Waals surface area contributed by atoms with Crippen LogP contribution in [0, 0.1) is 5.92 Å². The summed E-state index contributed by atoms with van der Waals surface area (Å²) in [5, 5.41) is 8.56. The number of benzene rings is 1. The highest BCUT2D eigenvalue weighted by atomic mass is 16.5. The van der Waals surface area contributed by atoms with Crippen LogP contribution in [0.3, 0.4) is 0 Å². The van der Waals surface area contributed by atoms with Crippen molar-refractivity contribution in [2.24, 2.45) is 5.92 Å². The topological polar surface area (TPSA) is 99.8 Å². The van der Waals surface area contributed by atoms with Gasteiger partial charge in [0.15, 0.2) is 0 Å². The second kappa shape index (κ2) is 10.5. The van der Waals surface area contributed by atoms with Gasteiger partial charge in [-0.15, -0.1) is 0 Å². The fraction of sp³-hybridized carbons (Fsp3) is 0.542. The van der Waals surface area contributed by atoms with Gasteiger partial charge in [-0.1, -0.05) is 32.9 Å². The fourth-order valence-corrected chi connectivity index (χ4v) is 3.37. The number of hydrogen-bond acceptors (Lipinski definition) is 4. The Morgan fingerprint density at radius 2 is 1.81 bits per heavy atom. The molecule has 0 aliphatic carbocycles. The van der Waals surface area contributed by atoms with E-state index in [-0.39, 0.29) is 23.5 Å². The molecule has 8 nitrogen and oxygen atoms in total. The summed E-state index contributed by atoms with van der Waals surface area (Å²) in [5.41, 5.74) is 2.00. The molecule has 1 unspecified atom stereocenters. The Kier molecular flexibility index (Phi) is 8.30. The maximum atomic E-state index is 13.0. The zero-order valence-electron chi connectivity index (χ0n) is 20.2. The molecule has 0 fully saturated rings. The molecule has 8 heteroatoms. The van der Waals surface area contributed by atoms with Crippen molar-refractivity contribution in [3.8, 4) is 0 Å². The zero-order chi connectivity index (χ0) is 24.1. The molecule has 0 bridgehead atoms. The Balaban J connectivity index is 2.31. The molecule has 1 aromatic rings. The van der Waals surface area contributed by atoms with Crippen molar-refractivity contribution in [3.05, 3.63) is 41.1 Å². The fourth-order valence-electron chi connectivity index (χ4n) is 3.37. The predicted molar refractivity (Wildman–Crippen MR) is 125 cm³/mol. The summed E-state index contributed by atoms with van der Waals surface area (Å²) in [6.45, 7) is 14.2. The highest BCUT2D eigenvalue weighted by Crippen LogP contribution is 2.32. The largest absolute Gasteiger partial charge is 0.462 e. The van der Waals surface area contributed by atoms with Gasteiger partial charge in [-0.2, -0.15) is 0 Å². The van der Waals surface area contributed by atoms with E-state index in [1.807, 2.05) is 41.5 Å². The third kappa shape index (κ3) is 6.73. The van der Waals surface area contributed by atoms with Gasteiger partial charge in [0.25, 0.3) is 0 Å². The summed E-state index contributed by atoms with van der Waals surface area (Å²) < 4.78 is 5.51. The van der Waals surface area contributed by atoms with Gasteiger partial charge in [0.05, 0.1) is 18.2 Å². The Hall–Kier alpha value is -3.03. The van der Waals surface area contributed by atoms with Crippen LogP contribution in [0.4, 0.5) is 15.3 Å². The molecule has 0 radical (unpaired) electrons. The molecule has 1 aliphatic heterocycles. The minimum Gasteiger partial charge on any atom is -0.462 e. The van der Waals surface area contributed by atoms with Gasteiger partial charge in [-0.05, 0) is 57.7 Å². The van der Waals surface area contributed by atoms with Crippen LogP contribution >= 0.6 is 0 Å². The molecule has 1 atom stereocenters. The molecule has 4 amide bonds. The number of urea groups is 2. The van der Waals surface area contributed by atoms with Crippen LogP contribution in [-0.2, 0) is 9.53 Å². The SMILES string of the molecule is CCCN1C(=O)NC(c2ccc(NC(=O)NC(C)(C)C)cc2)C(C(=O)OCC(C)C)=C1C. The van der Waals surface area contributed by atoms with Crippen molar-refractivity contribution in [2.45, 2.75) is 66.5 Å². The van der Waals surface area contributed by atoms with Crippen LogP contribution in [0.15, 0.2) is 35.5 Å². The molecule has 2 rings (SSSR count). The molecule has 0 saturated carbocycles. The zero-order valence-corrected chi connectivity index (χ0v) is 20.2. The summed E-state index contributed by atoms with van der Waals surface area (Å²) >= 11 is 0. The normalized spacial score (nSPS) is 16.7. The van der Waals surface area contributed by atoms with Crippen LogP contribution in [0.5, 0.6) is 0 Å². The summed E-state index contributed by atoms with van der Waals surface area (Å²) in [4.78, 5) is 39.4. The summed E-state index contributed by atoms with van der Waals surface area (Å²) in [7, 11) is 0. The van der Waals surface area contributed by atoms with E-state index in [0.717, 1.165) is 12.0 Å². The van der Waals surface area contributed by atoms with Gasteiger partial charge in [-0.3, -0.25) is 4.90 Å². The van der Waals surface area contributed by atoms with Crippen LogP contribution in [0.1, 0.15) is 66.5 Å². The van der Waals surface area contributed by atoms with Crippen molar-refractivity contribution in [2.75, 3.05) is 18.5 Å². The number of carbonyl (C=O) groups is 3. The average Bonchev–Trinajstić information content (AvgIpc) is 2.68. The second-order valence-corrected chi connectivity index (χ2v) is 9.48. The summed E-state index contributed by atoms with van der Waals surface area (Å²) in [5.74, 6) is -0.234. The van der Waals surface area contributed by atoms with Crippen LogP contribution in [-0.4, -0.2) is 41.6 Å². The number of esters is 1. The third-order valence-corrected chi connectivity index (χ3v) is 4.80. The molecular weight excluding hydrogens is 408 g/mol. The van der Waals surface area contributed by atoms with Crippen LogP contribution < -0.4 is 16.0 Å². The molecule has 1 heterocycles. The van der Waals surface area contributed by atoms with E-state index in [2.05, 4.69) is 16.0 Å². The van der Waals surface area contributed by atoms with Crippen molar-refractivity contribution < 1.29 is 19.1 Å². The quantitative estimate of drug-likeness (QED) is 0.537. The van der Waals surface area contributed by atoms with E-state index in [1.54, 1.807) is 36.1 Å². The first-order chi connectivity index (χ1) is 14.9. The van der Waals surface area contributed by atoms with E-state index in [9.17, 15) is 14.4 Å². The number of amides is 4. The smallest absolute Gasteiger partial charge is 0.338 e. The maximum Gasteiger partial charge on any atom is 0.338 e. The third-order valence-electron chi connectivity index (χ3n) is 4.80. The monoisotopic (exact) mass is 444 g/mol. The van der Waals surface area contributed by atoms with E-state index in [1.165, 1.54) is 0 Å². The average molecular weight is 445 g/mol. The molecule has 1 aromatic carbocycles. The highest BCUT2D eigenvalue weighted by molar-refractivity contribution is 5.95. The molecule has 0 spiro atoms. The number of nitrogens with one attached hydrogen (secondary N) is 3. The van der Waals surface area contributed by atoms with E-state index >= 15 is 0 Å². The molecule has 1 aliphatic rings. The van der Waals surface area contributed by atoms with Gasteiger partial charge in [-0.25, -0.2) is 14.4 Å². The predicted octanol–water partition coefficient (Wildman–Crippen LogP) is 4.56. The number of rotatable bonds is 7. The van der Waals surface area contributed by atoms with Gasteiger partial charge < -0.3 is 20.7 Å². The first-order valence-electron chi connectivity index (χ1n) is 11.1. The standard InChI is InChI=1S/C24H36N4O4/c1-8-13-28-16(4)19(21(29)32-14-15(2)3)20(26-23(28)31)17-9-11-18(12-10-17)25-22(30)27-24(5,6)7/h9-12,15,20H,8,13-14H2,1-7H3,(H,26,31)(H2,25,27,30). The lowest BCUT2D eigenvalue weighted by Gasteiger charge is -2.35. The Labute approximate surface area is 190 Å². The number of hydrogen-bond donors (Lipinski definition) is 3. The number of ether oxygens (including phenoxy) is 1. The highest BCUT2D eigenvalue weighted by Gasteiger charge is 2.36. The van der Waals surface area contributed by atoms with Gasteiger partial charge >= 0.3 is 18.0 Å². The van der Waals surface area contributed by atoms with Crippen molar-refractivity contribution in [1.29, 1.82) is 0 Å². The first kappa shape index (κ1) is 25.2. The molecule has 32 heavy (non-hydrogen) atoms. The number of carbonyl (C=O) groups excluding carboxylic acids is 3. The van der Waals surface area contributed by atoms with Crippen molar-refractivity contribution in [3.63, 3.8) is 0 Å². The summed E-state index contributed by atoms with van der Waals surface area (Å²) in [6, 6.07) is 5.88. The number of anilines is 1. The second-order valence-electron chi connectivity index (χ2n) is 9.48. The van der Waals surface area contributed by atoms with E-state index < -0.39 is 12.0 Å². The Morgan fingerprint density at radius 1 is 1.19 bits per heavy atom. The molecule has 0 saturated heterocycles. The first-order valence-corrected chi connectivity index (χ1v) is 11.1. The maximum absolute atomic E-state index is 13.0. The molecular formula is C24H36N4O4. The van der Waals surface area contributed by atoms with Gasteiger partial charge in [0.1, 0.15) is 0 Å². The van der Waals surface area contributed by atoms with Crippen molar-refractivity contribution in [1.82, 2.24) is 15.5 Å². The molecule has 176 valence electrons. The summed E-state index contributed by atoms with van der Waals surface area (Å²) in [6.07, 6.45) is 0.765. The van der Waals surface area contributed by atoms with Crippen LogP contribution in [0.25, 0.3) is 0 Å². The van der Waals surface area contributed by atoms with Gasteiger partial charge in [0.2, 0.25) is 0 Å². The Bertz CT molecular complexity index is 869. The van der Waals surface area contributed by atoms with E-state index in [4.69, 9.17) is 4.74 Å². The minimum absolute atomic E-state index is 0.202. The number of allylic oxidation sites excluding steroid dienone is 1. The van der Waals surface area contributed by atoms with E-state index in [0.29, 0.717) is 30.1 Å².